The van der Waals surface area contributed by atoms with E-state index in [-0.39, 0.29) is 5.91 Å². The highest BCUT2D eigenvalue weighted by Crippen LogP contribution is 2.26. The van der Waals surface area contributed by atoms with Gasteiger partial charge < -0.3 is 10.1 Å². The van der Waals surface area contributed by atoms with Gasteiger partial charge in [-0.05, 0) is 36.1 Å². The summed E-state index contributed by atoms with van der Waals surface area (Å²) >= 11 is 0. The van der Waals surface area contributed by atoms with Crippen molar-refractivity contribution < 1.29 is 9.53 Å². The number of benzene rings is 1. The van der Waals surface area contributed by atoms with Crippen LogP contribution in [-0.2, 0) is 17.6 Å². The molecule has 1 heterocycles. The molecule has 0 unspecified atom stereocenters. The first-order valence-electron chi connectivity index (χ1n) is 5.14. The van der Waals surface area contributed by atoms with Crippen LogP contribution < -0.4 is 10.1 Å². The number of rotatable bonds is 1. The average molecular weight is 205 g/mol. The van der Waals surface area contributed by atoms with Crippen molar-refractivity contribution in [2.24, 2.45) is 0 Å². The summed E-state index contributed by atoms with van der Waals surface area (Å²) < 4.78 is 5.26. The van der Waals surface area contributed by atoms with Crippen LogP contribution in [-0.4, -0.2) is 19.6 Å². The zero-order valence-electron chi connectivity index (χ0n) is 9.09. The Bertz CT molecular complexity index is 399. The molecule has 3 heteroatoms. The highest BCUT2D eigenvalue weighted by Gasteiger charge is 2.16. The van der Waals surface area contributed by atoms with Gasteiger partial charge in [0.1, 0.15) is 5.75 Å². The topological polar surface area (TPSA) is 38.3 Å². The van der Waals surface area contributed by atoms with E-state index in [9.17, 15) is 4.79 Å². The van der Waals surface area contributed by atoms with Gasteiger partial charge in [0.2, 0.25) is 5.91 Å². The van der Waals surface area contributed by atoms with Crippen molar-refractivity contribution in [1.29, 1.82) is 0 Å². The summed E-state index contributed by atoms with van der Waals surface area (Å²) in [6.07, 6.45) is 1.38. The van der Waals surface area contributed by atoms with Gasteiger partial charge in [0.05, 0.1) is 13.5 Å². The predicted octanol–water partition coefficient (Wildman–Crippen LogP) is 1.22. The van der Waals surface area contributed by atoms with Crippen molar-refractivity contribution in [3.05, 3.63) is 28.8 Å². The molecule has 1 N–H and O–H groups in total. The van der Waals surface area contributed by atoms with Crippen LogP contribution in [0.2, 0.25) is 0 Å². The number of ether oxygens (including phenoxy) is 1. The van der Waals surface area contributed by atoms with E-state index >= 15 is 0 Å². The summed E-state index contributed by atoms with van der Waals surface area (Å²) in [5.74, 6) is 0.966. The molecule has 3 nitrogen and oxygen atoms in total. The van der Waals surface area contributed by atoms with E-state index in [0.29, 0.717) is 6.42 Å². The number of carbonyl (C=O) groups excluding carboxylic acids is 1. The standard InChI is InChI=1S/C12H15NO2/c1-8-10-7-12(14)13-6-5-9(10)3-4-11(8)15-2/h3-4H,5-7H2,1-2H3,(H,13,14). The molecule has 2 rings (SSSR count). The maximum Gasteiger partial charge on any atom is 0.224 e. The Labute approximate surface area is 89.4 Å². The van der Waals surface area contributed by atoms with E-state index in [1.54, 1.807) is 7.11 Å². The molecule has 0 saturated heterocycles. The van der Waals surface area contributed by atoms with Gasteiger partial charge in [-0.15, -0.1) is 0 Å². The second kappa shape index (κ2) is 3.93. The van der Waals surface area contributed by atoms with E-state index in [2.05, 4.69) is 11.4 Å². The fraction of sp³-hybridized carbons (Fsp3) is 0.417. The number of carbonyl (C=O) groups is 1. The maximum absolute atomic E-state index is 11.4. The summed E-state index contributed by atoms with van der Waals surface area (Å²) in [5.41, 5.74) is 3.48. The van der Waals surface area contributed by atoms with Gasteiger partial charge >= 0.3 is 0 Å². The molecule has 1 aliphatic heterocycles. The van der Waals surface area contributed by atoms with E-state index in [0.717, 1.165) is 29.8 Å². The van der Waals surface area contributed by atoms with E-state index in [1.807, 2.05) is 13.0 Å². The molecule has 0 aliphatic carbocycles. The first-order chi connectivity index (χ1) is 7.22. The molecule has 0 radical (unpaired) electrons. The van der Waals surface area contributed by atoms with E-state index in [1.165, 1.54) is 5.56 Å². The third kappa shape index (κ3) is 1.82. The van der Waals surface area contributed by atoms with Crippen molar-refractivity contribution in [3.8, 4) is 5.75 Å². The summed E-state index contributed by atoms with van der Waals surface area (Å²) in [6, 6.07) is 4.03. The SMILES string of the molecule is COc1ccc2c(c1C)CC(=O)NCC2. The molecule has 0 aromatic heterocycles. The number of nitrogens with one attached hydrogen (secondary N) is 1. The molecule has 80 valence electrons. The Morgan fingerprint density at radius 2 is 2.20 bits per heavy atom. The van der Waals surface area contributed by atoms with Crippen molar-refractivity contribution >= 4 is 5.91 Å². The maximum atomic E-state index is 11.4. The van der Waals surface area contributed by atoms with Crippen LogP contribution in [0.15, 0.2) is 12.1 Å². The quantitative estimate of drug-likeness (QED) is 0.748. The normalized spacial score (nSPS) is 15.2. The second-order valence-electron chi connectivity index (χ2n) is 3.81. The predicted molar refractivity (Wildman–Crippen MR) is 58.1 cm³/mol. The average Bonchev–Trinajstić information content (AvgIpc) is 2.41. The van der Waals surface area contributed by atoms with Crippen molar-refractivity contribution in [3.63, 3.8) is 0 Å². The van der Waals surface area contributed by atoms with Gasteiger partial charge in [0, 0.05) is 6.54 Å². The van der Waals surface area contributed by atoms with E-state index in [4.69, 9.17) is 4.74 Å². The van der Waals surface area contributed by atoms with Crippen LogP contribution in [0.5, 0.6) is 5.75 Å². The number of methoxy groups -OCH3 is 1. The van der Waals surface area contributed by atoms with E-state index < -0.39 is 0 Å². The highest BCUT2D eigenvalue weighted by atomic mass is 16.5. The number of fused-ring (bicyclic) bond motifs is 1. The molecule has 1 amide bonds. The molecule has 1 aliphatic rings. The molecular weight excluding hydrogens is 190 g/mol. The van der Waals surface area contributed by atoms with Crippen LogP contribution in [0.25, 0.3) is 0 Å². The Morgan fingerprint density at radius 3 is 2.93 bits per heavy atom. The monoisotopic (exact) mass is 205 g/mol. The lowest BCUT2D eigenvalue weighted by atomic mass is 9.97. The first kappa shape index (κ1) is 10.0. The lowest BCUT2D eigenvalue weighted by Gasteiger charge is -2.12. The molecule has 0 saturated carbocycles. The second-order valence-corrected chi connectivity index (χ2v) is 3.81. The zero-order valence-corrected chi connectivity index (χ0v) is 9.09. The minimum atomic E-state index is 0.102. The minimum Gasteiger partial charge on any atom is -0.496 e. The Kier molecular flexibility index (Phi) is 2.62. The Balaban J connectivity index is 2.49. The third-order valence-corrected chi connectivity index (χ3v) is 2.92. The van der Waals surface area contributed by atoms with Gasteiger partial charge in [-0.3, -0.25) is 4.79 Å². The summed E-state index contributed by atoms with van der Waals surface area (Å²) in [4.78, 5) is 11.4. The third-order valence-electron chi connectivity index (χ3n) is 2.92. The summed E-state index contributed by atoms with van der Waals surface area (Å²) in [5, 5.41) is 2.88. The molecule has 0 bridgehead atoms. The van der Waals surface area contributed by atoms with Gasteiger partial charge in [-0.25, -0.2) is 0 Å². The molecule has 0 spiro atoms. The number of amides is 1. The van der Waals surface area contributed by atoms with Crippen molar-refractivity contribution in [2.45, 2.75) is 19.8 Å². The Morgan fingerprint density at radius 1 is 1.40 bits per heavy atom. The number of hydrogen-bond donors (Lipinski definition) is 1. The van der Waals surface area contributed by atoms with Crippen LogP contribution in [0.4, 0.5) is 0 Å². The first-order valence-corrected chi connectivity index (χ1v) is 5.14. The van der Waals surface area contributed by atoms with Crippen LogP contribution in [0, 0.1) is 6.92 Å². The van der Waals surface area contributed by atoms with Crippen molar-refractivity contribution in [2.75, 3.05) is 13.7 Å². The van der Waals surface area contributed by atoms with Gasteiger partial charge in [0.25, 0.3) is 0 Å². The molecule has 1 aromatic carbocycles. The molecule has 0 fully saturated rings. The lowest BCUT2D eigenvalue weighted by molar-refractivity contribution is -0.120. The molecule has 1 aromatic rings. The fourth-order valence-corrected chi connectivity index (χ4v) is 2.05. The molecule has 15 heavy (non-hydrogen) atoms. The van der Waals surface area contributed by atoms with Gasteiger partial charge in [-0.1, -0.05) is 6.07 Å². The fourth-order valence-electron chi connectivity index (χ4n) is 2.05. The lowest BCUT2D eigenvalue weighted by Crippen LogP contribution is -2.24. The largest absolute Gasteiger partial charge is 0.496 e. The Hall–Kier alpha value is -1.51. The number of hydrogen-bond acceptors (Lipinski definition) is 2. The molecule has 0 atom stereocenters. The van der Waals surface area contributed by atoms with Gasteiger partial charge in [0.15, 0.2) is 0 Å². The van der Waals surface area contributed by atoms with Crippen LogP contribution in [0.1, 0.15) is 16.7 Å². The minimum absolute atomic E-state index is 0.102. The van der Waals surface area contributed by atoms with Crippen LogP contribution >= 0.6 is 0 Å². The van der Waals surface area contributed by atoms with Gasteiger partial charge in [-0.2, -0.15) is 0 Å². The smallest absolute Gasteiger partial charge is 0.224 e. The van der Waals surface area contributed by atoms with Crippen LogP contribution in [0.3, 0.4) is 0 Å². The highest BCUT2D eigenvalue weighted by molar-refractivity contribution is 5.80. The molecular formula is C12H15NO2. The zero-order chi connectivity index (χ0) is 10.8. The summed E-state index contributed by atoms with van der Waals surface area (Å²) in [6.45, 7) is 2.74. The summed E-state index contributed by atoms with van der Waals surface area (Å²) in [7, 11) is 1.66. The van der Waals surface area contributed by atoms with Crippen molar-refractivity contribution in [1.82, 2.24) is 5.32 Å².